The minimum atomic E-state index is -0.373. The standard InChI is InChI=1S/C14H20FN5O/c1-10(2)5-7-21-8-6-20-14(17-18-19-20)12-9-11(15)3-4-13(12)16/h3-4,9-10H,5-8,16H2,1-2H3. The van der Waals surface area contributed by atoms with Gasteiger partial charge < -0.3 is 10.5 Å². The van der Waals surface area contributed by atoms with Crippen LogP contribution >= 0.6 is 0 Å². The number of anilines is 1. The minimum Gasteiger partial charge on any atom is -0.398 e. The Hall–Kier alpha value is -2.02. The minimum absolute atomic E-state index is 0.373. The van der Waals surface area contributed by atoms with E-state index < -0.39 is 0 Å². The van der Waals surface area contributed by atoms with E-state index in [1.165, 1.54) is 18.2 Å². The molecule has 0 aliphatic carbocycles. The van der Waals surface area contributed by atoms with Gasteiger partial charge in [0, 0.05) is 17.9 Å². The molecule has 1 aromatic heterocycles. The topological polar surface area (TPSA) is 78.8 Å². The molecule has 0 atom stereocenters. The van der Waals surface area contributed by atoms with Gasteiger partial charge in [0.25, 0.3) is 0 Å². The molecular formula is C14H20FN5O. The van der Waals surface area contributed by atoms with Gasteiger partial charge >= 0.3 is 0 Å². The van der Waals surface area contributed by atoms with Crippen molar-refractivity contribution in [2.75, 3.05) is 18.9 Å². The van der Waals surface area contributed by atoms with Crippen LogP contribution in [0.2, 0.25) is 0 Å². The number of tetrazole rings is 1. The van der Waals surface area contributed by atoms with Crippen molar-refractivity contribution in [1.29, 1.82) is 0 Å². The van der Waals surface area contributed by atoms with E-state index in [0.29, 0.717) is 42.8 Å². The van der Waals surface area contributed by atoms with Gasteiger partial charge in [0.15, 0.2) is 5.82 Å². The quantitative estimate of drug-likeness (QED) is 0.625. The highest BCUT2D eigenvalue weighted by atomic mass is 19.1. The molecule has 2 aromatic rings. The SMILES string of the molecule is CC(C)CCOCCn1nnnc1-c1cc(F)ccc1N. The van der Waals surface area contributed by atoms with Crippen LogP contribution in [0.5, 0.6) is 0 Å². The number of nitrogens with two attached hydrogens (primary N) is 1. The highest BCUT2D eigenvalue weighted by Gasteiger charge is 2.12. The maximum Gasteiger partial charge on any atom is 0.184 e. The van der Waals surface area contributed by atoms with Crippen molar-refractivity contribution >= 4 is 5.69 Å². The maximum absolute atomic E-state index is 13.3. The Morgan fingerprint density at radius 1 is 1.33 bits per heavy atom. The molecule has 2 rings (SSSR count). The van der Waals surface area contributed by atoms with E-state index in [2.05, 4.69) is 29.4 Å². The van der Waals surface area contributed by atoms with Crippen molar-refractivity contribution in [2.45, 2.75) is 26.8 Å². The van der Waals surface area contributed by atoms with Crippen LogP contribution in [0.3, 0.4) is 0 Å². The van der Waals surface area contributed by atoms with Crippen LogP contribution in [0.4, 0.5) is 10.1 Å². The number of rotatable bonds is 7. The average Bonchev–Trinajstić information content (AvgIpc) is 2.89. The predicted molar refractivity (Wildman–Crippen MR) is 77.9 cm³/mol. The molecule has 0 saturated carbocycles. The van der Waals surface area contributed by atoms with Crippen molar-refractivity contribution in [3.05, 3.63) is 24.0 Å². The fourth-order valence-corrected chi connectivity index (χ4v) is 1.84. The Morgan fingerprint density at radius 3 is 2.90 bits per heavy atom. The van der Waals surface area contributed by atoms with Gasteiger partial charge in [-0.3, -0.25) is 0 Å². The molecule has 114 valence electrons. The molecule has 0 bridgehead atoms. The molecule has 7 heteroatoms. The number of nitrogens with zero attached hydrogens (tertiary/aromatic N) is 4. The summed E-state index contributed by atoms with van der Waals surface area (Å²) in [5, 5.41) is 11.4. The molecule has 0 spiro atoms. The second kappa shape index (κ2) is 7.12. The lowest BCUT2D eigenvalue weighted by Crippen LogP contribution is -2.11. The van der Waals surface area contributed by atoms with E-state index in [1.54, 1.807) is 4.68 Å². The fraction of sp³-hybridized carbons (Fsp3) is 0.500. The lowest BCUT2D eigenvalue weighted by atomic mass is 10.1. The Bertz CT molecular complexity index is 584. The number of hydrogen-bond acceptors (Lipinski definition) is 5. The van der Waals surface area contributed by atoms with Gasteiger partial charge in [0.2, 0.25) is 0 Å². The van der Waals surface area contributed by atoms with Crippen LogP contribution in [0.15, 0.2) is 18.2 Å². The van der Waals surface area contributed by atoms with Crippen LogP contribution in [-0.4, -0.2) is 33.4 Å². The lowest BCUT2D eigenvalue weighted by Gasteiger charge is -2.08. The van der Waals surface area contributed by atoms with Crippen molar-refractivity contribution < 1.29 is 9.13 Å². The second-order valence-electron chi connectivity index (χ2n) is 5.25. The Morgan fingerprint density at radius 2 is 2.14 bits per heavy atom. The highest BCUT2D eigenvalue weighted by Crippen LogP contribution is 2.24. The van der Waals surface area contributed by atoms with Gasteiger partial charge in [0.05, 0.1) is 13.2 Å². The number of halogens is 1. The van der Waals surface area contributed by atoms with Gasteiger partial charge in [-0.25, -0.2) is 9.07 Å². The highest BCUT2D eigenvalue weighted by molar-refractivity contribution is 5.71. The Balaban J connectivity index is 2.00. The second-order valence-corrected chi connectivity index (χ2v) is 5.25. The summed E-state index contributed by atoms with van der Waals surface area (Å²) in [5.74, 6) is 0.682. The normalized spacial score (nSPS) is 11.2. The Kier molecular flexibility index (Phi) is 5.21. The molecule has 0 aliphatic rings. The summed E-state index contributed by atoms with van der Waals surface area (Å²) in [6, 6.07) is 4.14. The number of aromatic nitrogens is 4. The molecule has 1 heterocycles. The molecule has 1 aromatic carbocycles. The van der Waals surface area contributed by atoms with E-state index in [-0.39, 0.29) is 5.82 Å². The first-order chi connectivity index (χ1) is 10.1. The molecule has 6 nitrogen and oxygen atoms in total. The predicted octanol–water partition coefficient (Wildman–Crippen LogP) is 2.12. The third-order valence-electron chi connectivity index (χ3n) is 3.08. The van der Waals surface area contributed by atoms with Crippen LogP contribution in [-0.2, 0) is 11.3 Å². The summed E-state index contributed by atoms with van der Waals surface area (Å²) in [7, 11) is 0. The fourth-order valence-electron chi connectivity index (χ4n) is 1.84. The number of hydrogen-bond donors (Lipinski definition) is 1. The first-order valence-corrected chi connectivity index (χ1v) is 6.97. The first kappa shape index (κ1) is 15.4. The molecule has 0 saturated heterocycles. The lowest BCUT2D eigenvalue weighted by molar-refractivity contribution is 0.114. The largest absolute Gasteiger partial charge is 0.398 e. The van der Waals surface area contributed by atoms with Gasteiger partial charge in [0.1, 0.15) is 5.82 Å². The van der Waals surface area contributed by atoms with Crippen LogP contribution < -0.4 is 5.73 Å². The number of ether oxygens (including phenoxy) is 1. The first-order valence-electron chi connectivity index (χ1n) is 6.97. The van der Waals surface area contributed by atoms with Gasteiger partial charge in [-0.15, -0.1) is 5.10 Å². The van der Waals surface area contributed by atoms with E-state index in [9.17, 15) is 4.39 Å². The zero-order valence-electron chi connectivity index (χ0n) is 12.3. The smallest absolute Gasteiger partial charge is 0.184 e. The molecule has 2 N–H and O–H groups in total. The average molecular weight is 293 g/mol. The molecule has 0 amide bonds. The maximum atomic E-state index is 13.3. The van der Waals surface area contributed by atoms with Gasteiger partial charge in [-0.05, 0) is 41.0 Å². The zero-order valence-corrected chi connectivity index (χ0v) is 12.3. The summed E-state index contributed by atoms with van der Waals surface area (Å²) in [5.41, 5.74) is 6.78. The monoisotopic (exact) mass is 293 g/mol. The summed E-state index contributed by atoms with van der Waals surface area (Å²) in [6.07, 6.45) is 1.01. The summed E-state index contributed by atoms with van der Waals surface area (Å²) in [4.78, 5) is 0. The number of benzene rings is 1. The molecule has 0 fully saturated rings. The third kappa shape index (κ3) is 4.22. The van der Waals surface area contributed by atoms with E-state index in [0.717, 1.165) is 6.42 Å². The third-order valence-corrected chi connectivity index (χ3v) is 3.08. The van der Waals surface area contributed by atoms with E-state index in [4.69, 9.17) is 10.5 Å². The van der Waals surface area contributed by atoms with E-state index >= 15 is 0 Å². The molecule has 0 unspecified atom stereocenters. The van der Waals surface area contributed by atoms with Crippen LogP contribution in [0.25, 0.3) is 11.4 Å². The van der Waals surface area contributed by atoms with Crippen LogP contribution in [0.1, 0.15) is 20.3 Å². The zero-order chi connectivity index (χ0) is 15.2. The molecular weight excluding hydrogens is 273 g/mol. The van der Waals surface area contributed by atoms with Crippen LogP contribution in [0, 0.1) is 11.7 Å². The van der Waals surface area contributed by atoms with Crippen molar-refractivity contribution in [2.24, 2.45) is 5.92 Å². The van der Waals surface area contributed by atoms with Gasteiger partial charge in [-0.2, -0.15) is 0 Å². The van der Waals surface area contributed by atoms with Crippen molar-refractivity contribution in [3.8, 4) is 11.4 Å². The molecule has 0 aliphatic heterocycles. The molecule has 21 heavy (non-hydrogen) atoms. The van der Waals surface area contributed by atoms with Crippen molar-refractivity contribution in [1.82, 2.24) is 20.2 Å². The summed E-state index contributed by atoms with van der Waals surface area (Å²) >= 11 is 0. The summed E-state index contributed by atoms with van der Waals surface area (Å²) in [6.45, 7) is 6.00. The van der Waals surface area contributed by atoms with E-state index in [1.807, 2.05) is 0 Å². The Labute approximate surface area is 123 Å². The van der Waals surface area contributed by atoms with Gasteiger partial charge in [-0.1, -0.05) is 13.8 Å². The van der Waals surface area contributed by atoms with Crippen molar-refractivity contribution in [3.63, 3.8) is 0 Å². The number of nitrogen functional groups attached to an aromatic ring is 1. The summed E-state index contributed by atoms with van der Waals surface area (Å²) < 4.78 is 20.5. The molecule has 0 radical (unpaired) electrons.